The Morgan fingerprint density at radius 2 is 2.04 bits per heavy atom. The first kappa shape index (κ1) is 15.9. The molecule has 0 bridgehead atoms. The van der Waals surface area contributed by atoms with E-state index in [0.29, 0.717) is 24.4 Å². The Kier molecular flexibility index (Phi) is 4.72. The van der Waals surface area contributed by atoms with E-state index in [9.17, 15) is 4.79 Å². The minimum absolute atomic E-state index is 0.0687. The van der Waals surface area contributed by atoms with Gasteiger partial charge < -0.3 is 15.4 Å². The number of benzene rings is 1. The number of fused-ring (bicyclic) bond motifs is 1. The lowest BCUT2D eigenvalue weighted by atomic mass is 10.1. The summed E-state index contributed by atoms with van der Waals surface area (Å²) in [6, 6.07) is 11.1. The molecule has 24 heavy (non-hydrogen) atoms. The highest BCUT2D eigenvalue weighted by Crippen LogP contribution is 2.46. The highest BCUT2D eigenvalue weighted by Gasteiger charge is 2.38. The van der Waals surface area contributed by atoms with Gasteiger partial charge in [-0.3, -0.25) is 4.90 Å². The van der Waals surface area contributed by atoms with E-state index in [1.165, 1.54) is 31.4 Å². The van der Waals surface area contributed by atoms with Crippen molar-refractivity contribution in [2.45, 2.75) is 37.3 Å². The van der Waals surface area contributed by atoms with Gasteiger partial charge in [0, 0.05) is 25.7 Å². The maximum Gasteiger partial charge on any atom is 0.314 e. The van der Waals surface area contributed by atoms with Crippen molar-refractivity contribution in [3.63, 3.8) is 0 Å². The fourth-order valence-electron chi connectivity index (χ4n) is 4.08. The smallest absolute Gasteiger partial charge is 0.314 e. The minimum atomic E-state index is -0.0687. The molecule has 5 heteroatoms. The molecule has 4 atom stereocenters. The molecule has 5 nitrogen and oxygen atoms in total. The van der Waals surface area contributed by atoms with Crippen molar-refractivity contribution in [3.05, 3.63) is 35.9 Å². The third-order valence-corrected chi connectivity index (χ3v) is 5.63. The van der Waals surface area contributed by atoms with Gasteiger partial charge in [-0.15, -0.1) is 0 Å². The molecule has 2 aliphatic heterocycles. The van der Waals surface area contributed by atoms with Crippen molar-refractivity contribution >= 4 is 6.03 Å². The molecule has 2 amide bonds. The largest absolute Gasteiger partial charge is 0.373 e. The van der Waals surface area contributed by atoms with E-state index in [2.05, 4.69) is 39.8 Å². The van der Waals surface area contributed by atoms with Crippen LogP contribution in [0.15, 0.2) is 30.3 Å². The zero-order valence-corrected chi connectivity index (χ0v) is 14.1. The second kappa shape index (κ2) is 7.11. The van der Waals surface area contributed by atoms with Crippen LogP contribution in [0.4, 0.5) is 4.79 Å². The number of hydrogen-bond acceptors (Lipinski definition) is 3. The molecule has 1 aliphatic carbocycles. The van der Waals surface area contributed by atoms with Crippen LogP contribution in [-0.4, -0.2) is 55.9 Å². The number of amides is 2. The van der Waals surface area contributed by atoms with Gasteiger partial charge in [-0.2, -0.15) is 0 Å². The number of morpholine rings is 1. The van der Waals surface area contributed by atoms with Crippen LogP contribution in [0, 0.1) is 5.92 Å². The summed E-state index contributed by atoms with van der Waals surface area (Å²) >= 11 is 0. The fourth-order valence-corrected chi connectivity index (χ4v) is 4.08. The molecule has 1 aromatic rings. The van der Waals surface area contributed by atoms with Crippen LogP contribution < -0.4 is 10.6 Å². The summed E-state index contributed by atoms with van der Waals surface area (Å²) in [7, 11) is 0. The summed E-state index contributed by atoms with van der Waals surface area (Å²) in [4.78, 5) is 14.5. The number of carbonyl (C=O) groups is 1. The zero-order valence-electron chi connectivity index (χ0n) is 14.1. The molecule has 0 aromatic heterocycles. The number of ether oxygens (including phenoxy) is 1. The van der Waals surface area contributed by atoms with E-state index in [1.807, 2.05) is 6.07 Å². The van der Waals surface area contributed by atoms with E-state index < -0.39 is 0 Å². The Hall–Kier alpha value is -1.59. The Balaban J connectivity index is 1.13. The highest BCUT2D eigenvalue weighted by molar-refractivity contribution is 5.73. The quantitative estimate of drug-likeness (QED) is 0.868. The average molecular weight is 329 g/mol. The van der Waals surface area contributed by atoms with Crippen molar-refractivity contribution < 1.29 is 9.53 Å². The fraction of sp³-hybridized carbons (Fsp3) is 0.632. The van der Waals surface area contributed by atoms with Crippen LogP contribution >= 0.6 is 0 Å². The van der Waals surface area contributed by atoms with Crippen molar-refractivity contribution in [1.29, 1.82) is 0 Å². The summed E-state index contributed by atoms with van der Waals surface area (Å²) in [5, 5.41) is 5.98. The first-order valence-corrected chi connectivity index (χ1v) is 9.22. The van der Waals surface area contributed by atoms with Gasteiger partial charge in [-0.1, -0.05) is 30.3 Å². The number of rotatable bonds is 5. The molecule has 0 unspecified atom stereocenters. The normalized spacial score (nSPS) is 32.2. The summed E-state index contributed by atoms with van der Waals surface area (Å²) in [6.45, 7) is 4.30. The number of urea groups is 1. The lowest BCUT2D eigenvalue weighted by Gasteiger charge is -2.35. The summed E-state index contributed by atoms with van der Waals surface area (Å²) < 4.78 is 5.87. The Bertz CT molecular complexity index is 565. The van der Waals surface area contributed by atoms with Crippen LogP contribution in [0.1, 0.15) is 30.7 Å². The first-order valence-electron chi connectivity index (χ1n) is 9.22. The Labute approximate surface area is 143 Å². The van der Waals surface area contributed by atoms with Crippen LogP contribution in [0.25, 0.3) is 0 Å². The predicted octanol–water partition coefficient (Wildman–Crippen LogP) is 1.95. The molecule has 2 saturated heterocycles. The molecule has 1 saturated carbocycles. The maximum atomic E-state index is 12.0. The molecular formula is C19H27N3O2. The number of nitrogens with zero attached hydrogens (tertiary/aromatic N) is 1. The van der Waals surface area contributed by atoms with Crippen molar-refractivity contribution in [3.8, 4) is 0 Å². The van der Waals surface area contributed by atoms with Gasteiger partial charge in [0.25, 0.3) is 0 Å². The topological polar surface area (TPSA) is 53.6 Å². The minimum Gasteiger partial charge on any atom is -0.373 e. The van der Waals surface area contributed by atoms with Crippen LogP contribution in [0.2, 0.25) is 0 Å². The van der Waals surface area contributed by atoms with Crippen LogP contribution in [-0.2, 0) is 4.74 Å². The van der Waals surface area contributed by atoms with E-state index >= 15 is 0 Å². The summed E-state index contributed by atoms with van der Waals surface area (Å²) in [6.07, 6.45) is 3.83. The van der Waals surface area contributed by atoms with Gasteiger partial charge in [0.05, 0.1) is 12.7 Å². The third-order valence-electron chi connectivity index (χ3n) is 5.63. The van der Waals surface area contributed by atoms with Gasteiger partial charge >= 0.3 is 6.03 Å². The van der Waals surface area contributed by atoms with Gasteiger partial charge in [0.2, 0.25) is 0 Å². The van der Waals surface area contributed by atoms with Gasteiger partial charge in [-0.05, 0) is 43.2 Å². The Morgan fingerprint density at radius 1 is 1.21 bits per heavy atom. The summed E-state index contributed by atoms with van der Waals surface area (Å²) in [5.41, 5.74) is 1.39. The molecular weight excluding hydrogens is 302 g/mol. The molecule has 0 radical (unpaired) electrons. The third kappa shape index (κ3) is 3.73. The molecule has 1 aromatic carbocycles. The Morgan fingerprint density at radius 3 is 2.92 bits per heavy atom. The van der Waals surface area contributed by atoms with E-state index in [-0.39, 0.29) is 12.1 Å². The predicted molar refractivity (Wildman–Crippen MR) is 93.0 cm³/mol. The number of nitrogens with one attached hydrogen (secondary N) is 2. The number of carbonyl (C=O) groups excluding carboxylic acids is 1. The molecule has 0 spiro atoms. The van der Waals surface area contributed by atoms with E-state index in [0.717, 1.165) is 19.7 Å². The molecule has 3 fully saturated rings. The van der Waals surface area contributed by atoms with Gasteiger partial charge in [-0.25, -0.2) is 4.79 Å². The molecule has 2 heterocycles. The molecule has 2 N–H and O–H groups in total. The summed E-state index contributed by atoms with van der Waals surface area (Å²) in [5.74, 6) is 1.19. The lowest BCUT2D eigenvalue weighted by Crippen LogP contribution is -2.51. The maximum absolute atomic E-state index is 12.0. The first-order chi connectivity index (χ1) is 11.8. The number of hydrogen-bond donors (Lipinski definition) is 2. The van der Waals surface area contributed by atoms with Gasteiger partial charge in [0.15, 0.2) is 0 Å². The molecule has 130 valence electrons. The standard InChI is InChI=1S/C19H27N3O2/c23-19(20-10-15-9-18(15)14-5-2-1-3-6-14)21-11-17-12-22-8-4-7-16(22)13-24-17/h1-3,5-6,15-18H,4,7-13H2,(H2,20,21,23)/t15-,16+,17+,18+/m0/s1. The van der Waals surface area contributed by atoms with Crippen molar-refractivity contribution in [2.24, 2.45) is 5.92 Å². The van der Waals surface area contributed by atoms with Crippen LogP contribution in [0.3, 0.4) is 0 Å². The van der Waals surface area contributed by atoms with Gasteiger partial charge in [0.1, 0.15) is 0 Å². The highest BCUT2D eigenvalue weighted by atomic mass is 16.5. The van der Waals surface area contributed by atoms with Crippen molar-refractivity contribution in [1.82, 2.24) is 15.5 Å². The lowest BCUT2D eigenvalue weighted by molar-refractivity contribution is -0.0457. The van der Waals surface area contributed by atoms with Crippen molar-refractivity contribution in [2.75, 3.05) is 32.8 Å². The molecule has 4 rings (SSSR count). The van der Waals surface area contributed by atoms with E-state index in [1.54, 1.807) is 0 Å². The van der Waals surface area contributed by atoms with E-state index in [4.69, 9.17) is 4.74 Å². The zero-order chi connectivity index (χ0) is 16.4. The molecule has 3 aliphatic rings. The SMILES string of the molecule is O=C(NC[C@@H]1CN2CCC[C@@H]2CO1)NC[C@@H]1C[C@@H]1c1ccccc1. The monoisotopic (exact) mass is 329 g/mol. The average Bonchev–Trinajstić information content (AvgIpc) is 3.26. The second-order valence-corrected chi connectivity index (χ2v) is 7.35. The van der Waals surface area contributed by atoms with Crippen LogP contribution in [0.5, 0.6) is 0 Å². The second-order valence-electron chi connectivity index (χ2n) is 7.35.